The second-order valence-electron chi connectivity index (χ2n) is 5.13. The van der Waals surface area contributed by atoms with Crippen LogP contribution < -0.4 is 16.0 Å². The molecule has 1 atom stereocenters. The highest BCUT2D eigenvalue weighted by molar-refractivity contribution is 5.85. The van der Waals surface area contributed by atoms with Gasteiger partial charge < -0.3 is 16.0 Å². The van der Waals surface area contributed by atoms with Crippen molar-refractivity contribution in [2.24, 2.45) is 0 Å². The Morgan fingerprint density at radius 2 is 2.30 bits per heavy atom. The largest absolute Gasteiger partial charge is 0.383 e. The van der Waals surface area contributed by atoms with Gasteiger partial charge in [0.15, 0.2) is 0 Å². The van der Waals surface area contributed by atoms with Crippen LogP contribution in [0.15, 0.2) is 6.33 Å². The quantitative estimate of drug-likeness (QED) is 0.861. The Bertz CT molecular complexity index is 477. The van der Waals surface area contributed by atoms with Gasteiger partial charge in [0.1, 0.15) is 24.0 Å². The Hall–Kier alpha value is -1.85. The van der Waals surface area contributed by atoms with Gasteiger partial charge in [-0.05, 0) is 25.7 Å². The highest BCUT2D eigenvalue weighted by Gasteiger charge is 2.30. The van der Waals surface area contributed by atoms with Gasteiger partial charge in [-0.2, -0.15) is 0 Å². The predicted octanol–water partition coefficient (Wildman–Crippen LogP) is 1.12. The fourth-order valence-electron chi connectivity index (χ4n) is 2.78. The SMILES string of the molecule is CCCc1c(N)ncnc1N1CCCCC1C(=O)NC. The van der Waals surface area contributed by atoms with Gasteiger partial charge in [0.05, 0.1) is 0 Å². The van der Waals surface area contributed by atoms with Crippen LogP contribution in [0.3, 0.4) is 0 Å². The van der Waals surface area contributed by atoms with Crippen molar-refractivity contribution in [3.05, 3.63) is 11.9 Å². The molecule has 2 rings (SSSR count). The number of hydrogen-bond donors (Lipinski definition) is 2. The number of likely N-dealkylation sites (N-methyl/N-ethyl adjacent to an activating group) is 1. The molecule has 3 N–H and O–H groups in total. The van der Waals surface area contributed by atoms with Crippen LogP contribution in [0.1, 0.15) is 38.2 Å². The van der Waals surface area contributed by atoms with Crippen LogP contribution in [0.25, 0.3) is 0 Å². The van der Waals surface area contributed by atoms with Gasteiger partial charge in [-0.15, -0.1) is 0 Å². The summed E-state index contributed by atoms with van der Waals surface area (Å²) < 4.78 is 0. The molecule has 2 heterocycles. The molecule has 0 saturated carbocycles. The van der Waals surface area contributed by atoms with Gasteiger partial charge in [-0.3, -0.25) is 4.79 Å². The van der Waals surface area contributed by atoms with Crippen molar-refractivity contribution in [2.45, 2.75) is 45.1 Å². The van der Waals surface area contributed by atoms with Gasteiger partial charge in [-0.25, -0.2) is 9.97 Å². The summed E-state index contributed by atoms with van der Waals surface area (Å²) in [4.78, 5) is 22.7. The number of nitrogen functional groups attached to an aromatic ring is 1. The van der Waals surface area contributed by atoms with Crippen molar-refractivity contribution < 1.29 is 4.79 Å². The molecule has 1 saturated heterocycles. The maximum absolute atomic E-state index is 12.1. The first-order chi connectivity index (χ1) is 9.69. The van der Waals surface area contributed by atoms with Crippen LogP contribution in [0.5, 0.6) is 0 Å². The molecule has 0 spiro atoms. The molecule has 6 heteroatoms. The fraction of sp³-hybridized carbons (Fsp3) is 0.643. The third-order valence-corrected chi connectivity index (χ3v) is 3.78. The van der Waals surface area contributed by atoms with Crippen molar-refractivity contribution in [1.29, 1.82) is 0 Å². The van der Waals surface area contributed by atoms with Crippen LogP contribution >= 0.6 is 0 Å². The number of carbonyl (C=O) groups is 1. The van der Waals surface area contributed by atoms with E-state index in [1.54, 1.807) is 7.05 Å². The van der Waals surface area contributed by atoms with Gasteiger partial charge >= 0.3 is 0 Å². The van der Waals surface area contributed by atoms with Gasteiger partial charge in [0.25, 0.3) is 0 Å². The van der Waals surface area contributed by atoms with E-state index in [0.29, 0.717) is 5.82 Å². The first-order valence-corrected chi connectivity index (χ1v) is 7.26. The second kappa shape index (κ2) is 6.54. The first kappa shape index (κ1) is 14.6. The molecule has 6 nitrogen and oxygen atoms in total. The van der Waals surface area contributed by atoms with Crippen LogP contribution in [0.4, 0.5) is 11.6 Å². The molecule has 20 heavy (non-hydrogen) atoms. The lowest BCUT2D eigenvalue weighted by atomic mass is 10.00. The molecule has 0 aromatic carbocycles. The third kappa shape index (κ3) is 2.84. The molecule has 1 aromatic heterocycles. The molecule has 0 radical (unpaired) electrons. The van der Waals surface area contributed by atoms with E-state index >= 15 is 0 Å². The number of amides is 1. The highest BCUT2D eigenvalue weighted by Crippen LogP contribution is 2.29. The first-order valence-electron chi connectivity index (χ1n) is 7.26. The van der Waals surface area contributed by atoms with E-state index in [4.69, 9.17) is 5.73 Å². The molecule has 110 valence electrons. The van der Waals surface area contributed by atoms with Crippen LogP contribution in [-0.2, 0) is 11.2 Å². The molecule has 1 aliphatic heterocycles. The van der Waals surface area contributed by atoms with E-state index in [1.807, 2.05) is 0 Å². The molecule has 1 unspecified atom stereocenters. The summed E-state index contributed by atoms with van der Waals surface area (Å²) in [6, 6.07) is -0.154. The average molecular weight is 277 g/mol. The van der Waals surface area contributed by atoms with Crippen molar-refractivity contribution in [3.8, 4) is 0 Å². The summed E-state index contributed by atoms with van der Waals surface area (Å²) in [5.41, 5.74) is 6.95. The zero-order valence-corrected chi connectivity index (χ0v) is 12.2. The number of anilines is 2. The zero-order chi connectivity index (χ0) is 14.5. The van der Waals surface area contributed by atoms with Gasteiger partial charge in [-0.1, -0.05) is 13.3 Å². The van der Waals surface area contributed by atoms with Crippen molar-refractivity contribution in [1.82, 2.24) is 15.3 Å². The van der Waals surface area contributed by atoms with Gasteiger partial charge in [0.2, 0.25) is 5.91 Å². The number of nitrogens with zero attached hydrogens (tertiary/aromatic N) is 3. The average Bonchev–Trinajstić information content (AvgIpc) is 2.49. The molecular weight excluding hydrogens is 254 g/mol. The van der Waals surface area contributed by atoms with Crippen LogP contribution in [0, 0.1) is 0 Å². The lowest BCUT2D eigenvalue weighted by Gasteiger charge is -2.36. The Morgan fingerprint density at radius 1 is 1.50 bits per heavy atom. The van der Waals surface area contributed by atoms with Crippen molar-refractivity contribution >= 4 is 17.5 Å². The zero-order valence-electron chi connectivity index (χ0n) is 12.2. The molecular formula is C14H23N5O. The molecule has 1 fully saturated rings. The predicted molar refractivity (Wildman–Crippen MR) is 79.5 cm³/mol. The normalized spacial score (nSPS) is 18.9. The highest BCUT2D eigenvalue weighted by atomic mass is 16.2. The van der Waals surface area contributed by atoms with Crippen LogP contribution in [0.2, 0.25) is 0 Å². The van der Waals surface area contributed by atoms with E-state index < -0.39 is 0 Å². The monoisotopic (exact) mass is 277 g/mol. The number of nitrogens with one attached hydrogen (secondary N) is 1. The maximum Gasteiger partial charge on any atom is 0.242 e. The minimum atomic E-state index is -0.154. The minimum Gasteiger partial charge on any atom is -0.383 e. The number of nitrogens with two attached hydrogens (primary N) is 1. The molecule has 1 amide bonds. The summed E-state index contributed by atoms with van der Waals surface area (Å²) in [6.07, 6.45) is 6.29. The second-order valence-corrected chi connectivity index (χ2v) is 5.13. The summed E-state index contributed by atoms with van der Waals surface area (Å²) in [7, 11) is 1.68. The minimum absolute atomic E-state index is 0.0457. The lowest BCUT2D eigenvalue weighted by Crippen LogP contribution is -2.49. The van der Waals surface area contributed by atoms with E-state index in [1.165, 1.54) is 6.33 Å². The van der Waals surface area contributed by atoms with E-state index in [0.717, 1.165) is 50.0 Å². The standard InChI is InChI=1S/C14H23N5O/c1-3-6-10-12(15)17-9-18-13(10)19-8-5-4-7-11(19)14(20)16-2/h9,11H,3-8H2,1-2H3,(H,16,20)(H2,15,17,18). The maximum atomic E-state index is 12.1. The summed E-state index contributed by atoms with van der Waals surface area (Å²) in [5, 5.41) is 2.75. The number of carbonyl (C=O) groups excluding carboxylic acids is 1. The number of piperidine rings is 1. The van der Waals surface area contributed by atoms with Crippen molar-refractivity contribution in [3.63, 3.8) is 0 Å². The Balaban J connectivity index is 2.37. The smallest absolute Gasteiger partial charge is 0.242 e. The number of rotatable bonds is 4. The Labute approximate surface area is 119 Å². The molecule has 0 bridgehead atoms. The molecule has 1 aromatic rings. The van der Waals surface area contributed by atoms with Crippen molar-refractivity contribution in [2.75, 3.05) is 24.2 Å². The van der Waals surface area contributed by atoms with E-state index in [2.05, 4.69) is 27.1 Å². The Morgan fingerprint density at radius 3 is 3.00 bits per heavy atom. The summed E-state index contributed by atoms with van der Waals surface area (Å²) in [5.74, 6) is 1.40. The number of aromatic nitrogens is 2. The summed E-state index contributed by atoms with van der Waals surface area (Å²) >= 11 is 0. The molecule has 1 aliphatic rings. The van der Waals surface area contributed by atoms with E-state index in [-0.39, 0.29) is 11.9 Å². The lowest BCUT2D eigenvalue weighted by molar-refractivity contribution is -0.122. The Kier molecular flexibility index (Phi) is 4.76. The van der Waals surface area contributed by atoms with Crippen LogP contribution in [-0.4, -0.2) is 35.5 Å². The molecule has 0 aliphatic carbocycles. The fourth-order valence-corrected chi connectivity index (χ4v) is 2.78. The summed E-state index contributed by atoms with van der Waals surface area (Å²) in [6.45, 7) is 2.94. The van der Waals surface area contributed by atoms with Gasteiger partial charge in [0, 0.05) is 19.2 Å². The third-order valence-electron chi connectivity index (χ3n) is 3.78. The topological polar surface area (TPSA) is 84.1 Å². The number of hydrogen-bond acceptors (Lipinski definition) is 5. The van der Waals surface area contributed by atoms with E-state index in [9.17, 15) is 4.79 Å².